The van der Waals surface area contributed by atoms with E-state index in [1.54, 1.807) is 4.90 Å². The van der Waals surface area contributed by atoms with Crippen molar-refractivity contribution in [2.75, 3.05) is 13.1 Å². The number of carboxylic acid groups (broad SMARTS) is 1. The van der Waals surface area contributed by atoms with Crippen LogP contribution in [-0.2, 0) is 9.53 Å². The van der Waals surface area contributed by atoms with Crippen molar-refractivity contribution in [2.45, 2.75) is 45.6 Å². The lowest BCUT2D eigenvalue weighted by Gasteiger charge is -2.33. The first-order valence-corrected chi connectivity index (χ1v) is 5.97. The molecule has 0 unspecified atom stereocenters. The number of carbonyl (C=O) groups is 2. The van der Waals surface area contributed by atoms with Crippen LogP contribution in [0.2, 0.25) is 0 Å². The molecule has 1 rings (SSSR count). The van der Waals surface area contributed by atoms with Crippen molar-refractivity contribution in [3.8, 4) is 0 Å². The Bertz CT molecular complexity index is 295. The van der Waals surface area contributed by atoms with E-state index in [4.69, 9.17) is 9.84 Å². The fraction of sp³-hybridized carbons (Fsp3) is 0.833. The molecule has 0 aromatic rings. The predicted molar refractivity (Wildman–Crippen MR) is 62.8 cm³/mol. The van der Waals surface area contributed by atoms with Crippen LogP contribution < -0.4 is 0 Å². The van der Waals surface area contributed by atoms with Gasteiger partial charge in [0.15, 0.2) is 0 Å². The van der Waals surface area contributed by atoms with E-state index in [0.29, 0.717) is 13.1 Å². The first kappa shape index (κ1) is 13.8. The minimum Gasteiger partial charge on any atom is -0.481 e. The molecule has 5 nitrogen and oxygen atoms in total. The van der Waals surface area contributed by atoms with Gasteiger partial charge in [-0.3, -0.25) is 4.79 Å². The molecule has 0 aromatic heterocycles. The monoisotopic (exact) mass is 243 g/mol. The van der Waals surface area contributed by atoms with Gasteiger partial charge in [0.1, 0.15) is 5.60 Å². The summed E-state index contributed by atoms with van der Waals surface area (Å²) in [4.78, 5) is 24.1. The molecule has 1 N–H and O–H groups in total. The summed E-state index contributed by atoms with van der Waals surface area (Å²) in [5, 5.41) is 8.74. The fourth-order valence-electron chi connectivity index (χ4n) is 1.97. The zero-order valence-corrected chi connectivity index (χ0v) is 10.7. The van der Waals surface area contributed by atoms with Gasteiger partial charge in [-0.1, -0.05) is 0 Å². The van der Waals surface area contributed by atoms with E-state index < -0.39 is 11.6 Å². The topological polar surface area (TPSA) is 66.8 Å². The third-order valence-corrected chi connectivity index (χ3v) is 2.63. The van der Waals surface area contributed by atoms with Crippen molar-refractivity contribution in [1.82, 2.24) is 4.90 Å². The molecule has 1 heterocycles. The molecule has 1 fully saturated rings. The highest BCUT2D eigenvalue weighted by atomic mass is 16.6. The minimum atomic E-state index is -0.805. The smallest absolute Gasteiger partial charge is 0.410 e. The molecule has 1 saturated heterocycles. The van der Waals surface area contributed by atoms with E-state index in [2.05, 4.69) is 0 Å². The molecule has 1 amide bonds. The summed E-state index contributed by atoms with van der Waals surface area (Å²) in [6, 6.07) is 0. The number of likely N-dealkylation sites (tertiary alicyclic amines) is 1. The third kappa shape index (κ3) is 5.06. The summed E-state index contributed by atoms with van der Waals surface area (Å²) in [6.45, 7) is 6.61. The number of nitrogens with zero attached hydrogens (tertiary/aromatic N) is 1. The van der Waals surface area contributed by atoms with Crippen LogP contribution in [0.1, 0.15) is 40.0 Å². The first-order chi connectivity index (χ1) is 7.78. The zero-order valence-electron chi connectivity index (χ0n) is 10.7. The SMILES string of the molecule is CC(C)(C)OC(=O)N1CCC[C@@H](CC(=O)O)C1. The maximum Gasteiger partial charge on any atom is 0.410 e. The lowest BCUT2D eigenvalue weighted by Crippen LogP contribution is -2.43. The van der Waals surface area contributed by atoms with Crippen LogP contribution in [0.15, 0.2) is 0 Å². The van der Waals surface area contributed by atoms with Crippen molar-refractivity contribution in [1.29, 1.82) is 0 Å². The van der Waals surface area contributed by atoms with E-state index in [1.165, 1.54) is 0 Å². The van der Waals surface area contributed by atoms with Gasteiger partial charge in [0, 0.05) is 19.5 Å². The molecule has 0 spiro atoms. The Hall–Kier alpha value is -1.26. The van der Waals surface area contributed by atoms with Crippen molar-refractivity contribution in [3.05, 3.63) is 0 Å². The van der Waals surface area contributed by atoms with Gasteiger partial charge in [0.25, 0.3) is 0 Å². The third-order valence-electron chi connectivity index (χ3n) is 2.63. The maximum atomic E-state index is 11.8. The maximum absolute atomic E-state index is 11.8. The summed E-state index contributed by atoms with van der Waals surface area (Å²) in [5.74, 6) is -0.755. The molecule has 98 valence electrons. The number of aliphatic carboxylic acids is 1. The van der Waals surface area contributed by atoms with E-state index in [9.17, 15) is 9.59 Å². The van der Waals surface area contributed by atoms with E-state index in [0.717, 1.165) is 12.8 Å². The summed E-state index contributed by atoms with van der Waals surface area (Å²) < 4.78 is 5.27. The van der Waals surface area contributed by atoms with E-state index in [1.807, 2.05) is 20.8 Å². The van der Waals surface area contributed by atoms with Crippen LogP contribution in [0, 0.1) is 5.92 Å². The Morgan fingerprint density at radius 2 is 2.06 bits per heavy atom. The molecular weight excluding hydrogens is 222 g/mol. The minimum absolute atomic E-state index is 0.0498. The lowest BCUT2D eigenvalue weighted by atomic mass is 9.95. The second-order valence-corrected chi connectivity index (χ2v) is 5.53. The zero-order chi connectivity index (χ0) is 13.1. The van der Waals surface area contributed by atoms with Gasteiger partial charge in [-0.25, -0.2) is 4.79 Å². The van der Waals surface area contributed by atoms with Crippen LogP contribution in [0.4, 0.5) is 4.79 Å². The summed E-state index contributed by atoms with van der Waals surface area (Å²) in [5.41, 5.74) is -0.503. The Labute approximate surface area is 102 Å². The highest BCUT2D eigenvalue weighted by Crippen LogP contribution is 2.21. The van der Waals surface area contributed by atoms with Gasteiger partial charge in [-0.05, 0) is 39.5 Å². The average molecular weight is 243 g/mol. The van der Waals surface area contributed by atoms with Gasteiger partial charge >= 0.3 is 12.1 Å². The summed E-state index contributed by atoms with van der Waals surface area (Å²) in [6.07, 6.45) is 1.50. The van der Waals surface area contributed by atoms with Crippen molar-refractivity contribution >= 4 is 12.1 Å². The highest BCUT2D eigenvalue weighted by Gasteiger charge is 2.28. The van der Waals surface area contributed by atoms with Gasteiger partial charge in [0.2, 0.25) is 0 Å². The summed E-state index contributed by atoms with van der Waals surface area (Å²) in [7, 11) is 0. The first-order valence-electron chi connectivity index (χ1n) is 5.97. The number of piperidine rings is 1. The predicted octanol–water partition coefficient (Wildman–Crippen LogP) is 2.11. The van der Waals surface area contributed by atoms with Crippen molar-refractivity contribution < 1.29 is 19.4 Å². The number of amides is 1. The molecule has 5 heteroatoms. The molecule has 0 bridgehead atoms. The van der Waals surface area contributed by atoms with Crippen molar-refractivity contribution in [3.63, 3.8) is 0 Å². The number of ether oxygens (including phenoxy) is 1. The van der Waals surface area contributed by atoms with Gasteiger partial charge in [0.05, 0.1) is 0 Å². The molecule has 0 aromatic carbocycles. The Morgan fingerprint density at radius 1 is 1.41 bits per heavy atom. The number of carboxylic acids is 1. The Balaban J connectivity index is 2.49. The number of hydrogen-bond donors (Lipinski definition) is 1. The Morgan fingerprint density at radius 3 is 2.59 bits per heavy atom. The number of rotatable bonds is 2. The normalized spacial score (nSPS) is 21.1. The van der Waals surface area contributed by atoms with Gasteiger partial charge in [-0.15, -0.1) is 0 Å². The van der Waals surface area contributed by atoms with Crippen molar-refractivity contribution in [2.24, 2.45) is 5.92 Å². The lowest BCUT2D eigenvalue weighted by molar-refractivity contribution is -0.138. The number of carbonyl (C=O) groups excluding carboxylic acids is 1. The number of hydrogen-bond acceptors (Lipinski definition) is 3. The largest absolute Gasteiger partial charge is 0.481 e. The van der Waals surface area contributed by atoms with Crippen LogP contribution in [0.3, 0.4) is 0 Å². The standard InChI is InChI=1S/C12H21NO4/c1-12(2,3)17-11(16)13-6-4-5-9(8-13)7-10(14)15/h9H,4-8H2,1-3H3,(H,14,15)/t9-/m0/s1. The average Bonchev–Trinajstić information content (AvgIpc) is 2.14. The summed E-state index contributed by atoms with van der Waals surface area (Å²) >= 11 is 0. The molecule has 17 heavy (non-hydrogen) atoms. The molecule has 0 saturated carbocycles. The molecule has 0 radical (unpaired) electrons. The van der Waals surface area contributed by atoms with Gasteiger partial charge < -0.3 is 14.7 Å². The second-order valence-electron chi connectivity index (χ2n) is 5.53. The van der Waals surface area contributed by atoms with E-state index >= 15 is 0 Å². The highest BCUT2D eigenvalue weighted by molar-refractivity contribution is 5.69. The molecule has 1 aliphatic rings. The Kier molecular flexibility index (Phi) is 4.37. The van der Waals surface area contributed by atoms with Gasteiger partial charge in [-0.2, -0.15) is 0 Å². The molecular formula is C12H21NO4. The van der Waals surface area contributed by atoms with Crippen LogP contribution >= 0.6 is 0 Å². The van der Waals surface area contributed by atoms with Crippen LogP contribution in [0.25, 0.3) is 0 Å². The molecule has 1 aliphatic heterocycles. The molecule has 1 atom stereocenters. The molecule has 0 aliphatic carbocycles. The fourth-order valence-corrected chi connectivity index (χ4v) is 1.97. The van der Waals surface area contributed by atoms with E-state index in [-0.39, 0.29) is 18.4 Å². The van der Waals surface area contributed by atoms with Crippen LogP contribution in [-0.4, -0.2) is 40.8 Å². The van der Waals surface area contributed by atoms with Crippen LogP contribution in [0.5, 0.6) is 0 Å². The quantitative estimate of drug-likeness (QED) is 0.806. The second kappa shape index (κ2) is 5.38.